The van der Waals surface area contributed by atoms with E-state index in [1.807, 2.05) is 7.05 Å². The van der Waals surface area contributed by atoms with E-state index >= 15 is 0 Å². The van der Waals surface area contributed by atoms with Gasteiger partial charge in [0, 0.05) is 40.4 Å². The van der Waals surface area contributed by atoms with Crippen LogP contribution in [0, 0.1) is 0 Å². The maximum atomic E-state index is 5.49. The molecular weight excluding hydrogens is 473 g/mol. The summed E-state index contributed by atoms with van der Waals surface area (Å²) < 4.78 is 21.3. The Balaban J connectivity index is 0.00000392. The number of guanidine groups is 1. The van der Waals surface area contributed by atoms with E-state index in [9.17, 15) is 0 Å². The molecule has 1 aromatic rings. The number of nitrogens with one attached hydrogen (secondary N) is 1. The van der Waals surface area contributed by atoms with Crippen LogP contribution in [0.1, 0.15) is 24.0 Å². The molecule has 28 heavy (non-hydrogen) atoms. The molecule has 0 aromatic heterocycles. The van der Waals surface area contributed by atoms with Crippen molar-refractivity contribution < 1.29 is 18.9 Å². The third kappa shape index (κ3) is 7.29. The smallest absolute Gasteiger partial charge is 0.193 e. The van der Waals surface area contributed by atoms with Gasteiger partial charge in [-0.2, -0.15) is 0 Å². The van der Waals surface area contributed by atoms with Crippen molar-refractivity contribution in [2.45, 2.75) is 25.8 Å². The minimum absolute atomic E-state index is 0. The van der Waals surface area contributed by atoms with Crippen molar-refractivity contribution in [2.24, 2.45) is 4.99 Å². The number of aliphatic imine (C=N–C) groups is 1. The first-order valence-electron chi connectivity index (χ1n) is 9.49. The zero-order valence-corrected chi connectivity index (χ0v) is 19.8. The number of fused-ring (bicyclic) bond motifs is 1. The SMILES string of the molecule is CN=C(NCCCCOCCOC)N1CCc2cc(OC)c(OC)cc2C1.I. The van der Waals surface area contributed by atoms with Crippen LogP contribution in [0.5, 0.6) is 11.5 Å². The number of halogens is 1. The summed E-state index contributed by atoms with van der Waals surface area (Å²) >= 11 is 0. The molecule has 2 rings (SSSR count). The molecule has 1 aromatic carbocycles. The van der Waals surface area contributed by atoms with Crippen molar-refractivity contribution >= 4 is 29.9 Å². The Bertz CT molecular complexity index is 613. The quantitative estimate of drug-likeness (QED) is 0.228. The van der Waals surface area contributed by atoms with Crippen LogP contribution in [0.4, 0.5) is 0 Å². The Kier molecular flexibility index (Phi) is 12.2. The highest BCUT2D eigenvalue weighted by Crippen LogP contribution is 2.33. The monoisotopic (exact) mass is 507 g/mol. The van der Waals surface area contributed by atoms with E-state index in [2.05, 4.69) is 27.3 Å². The second-order valence-corrected chi connectivity index (χ2v) is 6.43. The predicted molar refractivity (Wildman–Crippen MR) is 122 cm³/mol. The lowest BCUT2D eigenvalue weighted by Crippen LogP contribution is -2.44. The van der Waals surface area contributed by atoms with Crippen molar-refractivity contribution in [2.75, 3.05) is 61.3 Å². The summed E-state index contributed by atoms with van der Waals surface area (Å²) in [6.07, 6.45) is 3.03. The third-order valence-corrected chi connectivity index (χ3v) is 4.66. The van der Waals surface area contributed by atoms with E-state index < -0.39 is 0 Å². The van der Waals surface area contributed by atoms with Gasteiger partial charge >= 0.3 is 0 Å². The van der Waals surface area contributed by atoms with Crippen molar-refractivity contribution in [3.8, 4) is 11.5 Å². The zero-order chi connectivity index (χ0) is 19.5. The maximum absolute atomic E-state index is 5.49. The van der Waals surface area contributed by atoms with Gasteiger partial charge in [-0.1, -0.05) is 0 Å². The van der Waals surface area contributed by atoms with Gasteiger partial charge in [-0.05, 0) is 42.5 Å². The van der Waals surface area contributed by atoms with Gasteiger partial charge in [-0.15, -0.1) is 24.0 Å². The fraction of sp³-hybridized carbons (Fsp3) is 0.650. The van der Waals surface area contributed by atoms with Crippen LogP contribution >= 0.6 is 24.0 Å². The van der Waals surface area contributed by atoms with Crippen molar-refractivity contribution in [3.05, 3.63) is 23.3 Å². The second kappa shape index (κ2) is 13.8. The van der Waals surface area contributed by atoms with Gasteiger partial charge in [0.1, 0.15) is 0 Å². The van der Waals surface area contributed by atoms with Crippen LogP contribution in [0.15, 0.2) is 17.1 Å². The fourth-order valence-electron chi connectivity index (χ4n) is 3.17. The first kappa shape index (κ1) is 24.8. The van der Waals surface area contributed by atoms with Gasteiger partial charge in [-0.3, -0.25) is 4.99 Å². The number of ether oxygens (including phenoxy) is 4. The molecular formula is C20H34IN3O4. The largest absolute Gasteiger partial charge is 0.493 e. The molecule has 0 spiro atoms. The number of methoxy groups -OCH3 is 3. The summed E-state index contributed by atoms with van der Waals surface area (Å²) in [4.78, 5) is 6.73. The average Bonchev–Trinajstić information content (AvgIpc) is 2.71. The third-order valence-electron chi connectivity index (χ3n) is 4.66. The van der Waals surface area contributed by atoms with E-state index in [0.717, 1.165) is 63.0 Å². The predicted octanol–water partition coefficient (Wildman–Crippen LogP) is 2.70. The lowest BCUT2D eigenvalue weighted by Gasteiger charge is -2.32. The lowest BCUT2D eigenvalue weighted by atomic mass is 9.99. The number of hydrogen-bond acceptors (Lipinski definition) is 5. The number of benzene rings is 1. The lowest BCUT2D eigenvalue weighted by molar-refractivity contribution is 0.0689. The van der Waals surface area contributed by atoms with Gasteiger partial charge in [-0.25, -0.2) is 0 Å². The molecule has 0 unspecified atom stereocenters. The highest BCUT2D eigenvalue weighted by atomic mass is 127. The Morgan fingerprint density at radius 1 is 1.04 bits per heavy atom. The zero-order valence-electron chi connectivity index (χ0n) is 17.5. The first-order valence-corrected chi connectivity index (χ1v) is 9.49. The molecule has 1 aliphatic heterocycles. The van der Waals surface area contributed by atoms with Crippen LogP contribution < -0.4 is 14.8 Å². The maximum Gasteiger partial charge on any atom is 0.193 e. The van der Waals surface area contributed by atoms with Gasteiger partial charge < -0.3 is 29.2 Å². The number of unbranched alkanes of at least 4 members (excludes halogenated alkanes) is 1. The van der Waals surface area contributed by atoms with E-state index in [-0.39, 0.29) is 24.0 Å². The van der Waals surface area contributed by atoms with Gasteiger partial charge in [0.25, 0.3) is 0 Å². The molecule has 0 atom stereocenters. The molecule has 0 radical (unpaired) electrons. The molecule has 0 saturated heterocycles. The van der Waals surface area contributed by atoms with Crippen LogP contribution in [0.2, 0.25) is 0 Å². The van der Waals surface area contributed by atoms with E-state index in [0.29, 0.717) is 13.2 Å². The number of nitrogens with zero attached hydrogens (tertiary/aromatic N) is 2. The number of rotatable bonds is 10. The fourth-order valence-corrected chi connectivity index (χ4v) is 3.17. The van der Waals surface area contributed by atoms with Crippen molar-refractivity contribution in [3.63, 3.8) is 0 Å². The van der Waals surface area contributed by atoms with Gasteiger partial charge in [0.15, 0.2) is 17.5 Å². The molecule has 1 aliphatic rings. The first-order chi connectivity index (χ1) is 13.2. The molecule has 0 amide bonds. The van der Waals surface area contributed by atoms with Crippen LogP contribution in [-0.2, 0) is 22.4 Å². The Hall–Kier alpha value is -1.26. The normalized spacial score (nSPS) is 13.6. The van der Waals surface area contributed by atoms with E-state index in [4.69, 9.17) is 18.9 Å². The van der Waals surface area contributed by atoms with Gasteiger partial charge in [0.2, 0.25) is 0 Å². The highest BCUT2D eigenvalue weighted by molar-refractivity contribution is 14.0. The minimum atomic E-state index is 0. The Morgan fingerprint density at radius 2 is 1.75 bits per heavy atom. The summed E-state index contributed by atoms with van der Waals surface area (Å²) in [6.45, 7) is 4.71. The van der Waals surface area contributed by atoms with Crippen LogP contribution in [-0.4, -0.2) is 72.1 Å². The van der Waals surface area contributed by atoms with Gasteiger partial charge in [0.05, 0.1) is 27.4 Å². The Morgan fingerprint density at radius 3 is 2.39 bits per heavy atom. The Labute approximate surface area is 185 Å². The molecule has 1 N–H and O–H groups in total. The van der Waals surface area contributed by atoms with Crippen molar-refractivity contribution in [1.29, 1.82) is 0 Å². The minimum Gasteiger partial charge on any atom is -0.493 e. The second-order valence-electron chi connectivity index (χ2n) is 6.43. The average molecular weight is 507 g/mol. The van der Waals surface area contributed by atoms with Crippen molar-refractivity contribution in [1.82, 2.24) is 10.2 Å². The molecule has 1 heterocycles. The molecule has 0 aliphatic carbocycles. The number of hydrogen-bond donors (Lipinski definition) is 1. The molecule has 0 fully saturated rings. The van der Waals surface area contributed by atoms with Crippen LogP contribution in [0.3, 0.4) is 0 Å². The molecule has 160 valence electrons. The summed E-state index contributed by atoms with van der Waals surface area (Å²) in [5, 5.41) is 3.46. The van der Waals surface area contributed by atoms with Crippen LogP contribution in [0.25, 0.3) is 0 Å². The molecule has 7 nitrogen and oxygen atoms in total. The van der Waals surface area contributed by atoms with E-state index in [1.54, 1.807) is 21.3 Å². The standard InChI is InChI=1S/C20H33N3O4.HI/c1-21-20(22-8-5-6-10-27-12-11-24-2)23-9-7-16-13-18(25-3)19(26-4)14-17(16)15-23;/h13-14H,5-12,15H2,1-4H3,(H,21,22);1H. The summed E-state index contributed by atoms with van der Waals surface area (Å²) in [5.41, 5.74) is 2.57. The summed E-state index contributed by atoms with van der Waals surface area (Å²) in [6, 6.07) is 4.16. The highest BCUT2D eigenvalue weighted by Gasteiger charge is 2.21. The topological polar surface area (TPSA) is 64.6 Å². The molecule has 0 bridgehead atoms. The molecule has 8 heteroatoms. The van der Waals surface area contributed by atoms with E-state index in [1.165, 1.54) is 11.1 Å². The molecule has 0 saturated carbocycles. The summed E-state index contributed by atoms with van der Waals surface area (Å²) in [7, 11) is 6.86. The summed E-state index contributed by atoms with van der Waals surface area (Å²) in [5.74, 6) is 2.50.